The number of rotatable bonds is 4. The maximum absolute atomic E-state index is 9.86. The van der Waals surface area contributed by atoms with Gasteiger partial charge in [0.2, 0.25) is 0 Å². The Morgan fingerprint density at radius 2 is 0.851 bits per heavy atom. The number of benzene rings is 14. The third-order valence-corrected chi connectivity index (χ3v) is 20.1. The smallest absolute Gasteiger partial charge is 0.252 e. The lowest BCUT2D eigenvalue weighted by Gasteiger charge is -2.41. The summed E-state index contributed by atoms with van der Waals surface area (Å²) in [5.74, 6) is 0. The molecule has 0 saturated carbocycles. The van der Waals surface area contributed by atoms with Crippen molar-refractivity contribution >= 4 is 165 Å². The summed E-state index contributed by atoms with van der Waals surface area (Å²) < 4.78 is 159. The van der Waals surface area contributed by atoms with E-state index >= 15 is 0 Å². The molecule has 7 heterocycles. The van der Waals surface area contributed by atoms with Gasteiger partial charge in [-0.25, -0.2) is 0 Å². The van der Waals surface area contributed by atoms with Gasteiger partial charge in [-0.3, -0.25) is 0 Å². The summed E-state index contributed by atoms with van der Waals surface area (Å²) in [6, 6.07) is 61.1. The van der Waals surface area contributed by atoms with Crippen LogP contribution in [0.1, 0.15) is 48.3 Å². The van der Waals surface area contributed by atoms with Crippen molar-refractivity contribution in [2.75, 3.05) is 4.90 Å². The summed E-state index contributed by atoms with van der Waals surface area (Å²) in [7, 11) is 0. The van der Waals surface area contributed by atoms with E-state index < -0.39 is 103 Å². The third-order valence-electron chi connectivity index (χ3n) is 20.1. The van der Waals surface area contributed by atoms with E-state index in [2.05, 4.69) is 186 Å². The summed E-state index contributed by atoms with van der Waals surface area (Å²) in [6.45, 7) is 5.67. The second kappa shape index (κ2) is 18.9. The lowest BCUT2D eigenvalue weighted by Crippen LogP contribution is -2.60. The van der Waals surface area contributed by atoms with E-state index in [1.54, 1.807) is 9.13 Å². The highest BCUT2D eigenvalue weighted by Gasteiger charge is 2.45. The zero-order valence-corrected chi connectivity index (χ0v) is 50.9. The lowest BCUT2D eigenvalue weighted by molar-refractivity contribution is 0.591. The number of para-hydroxylation sites is 6. The quantitative estimate of drug-likeness (QED) is 0.161. The van der Waals surface area contributed by atoms with Crippen molar-refractivity contribution in [3.05, 3.63) is 302 Å². The first-order chi connectivity index (χ1) is 53.0. The molecule has 0 N–H and O–H groups in total. The van der Waals surface area contributed by atoms with Crippen LogP contribution in [0.15, 0.2) is 297 Å². The first kappa shape index (κ1) is 38.8. The molecule has 0 amide bonds. The van der Waals surface area contributed by atoms with Crippen molar-refractivity contribution in [2.24, 2.45) is 0 Å². The highest BCUT2D eigenvalue weighted by Crippen LogP contribution is 2.51. The molecule has 21 rings (SSSR count). The largest absolute Gasteiger partial charge is 0.311 e. The Morgan fingerprint density at radius 3 is 1.49 bits per heavy atom. The Bertz CT molecular complexity index is 7450. The topological polar surface area (TPSA) is 22.4 Å². The van der Waals surface area contributed by atoms with E-state index in [-0.39, 0.29) is 49.0 Å². The molecule has 438 valence electrons. The molecule has 0 spiro atoms. The van der Waals surface area contributed by atoms with E-state index in [1.807, 2.05) is 48.5 Å². The van der Waals surface area contributed by atoms with Crippen LogP contribution in [0, 0.1) is 0 Å². The van der Waals surface area contributed by atoms with Crippen LogP contribution < -0.4 is 21.3 Å². The average Bonchev–Trinajstić information content (AvgIpc) is 1.44. The summed E-state index contributed by atoms with van der Waals surface area (Å²) in [4.78, 5) is 2.27. The van der Waals surface area contributed by atoms with Crippen LogP contribution in [-0.2, 0) is 5.41 Å². The number of aromatic nitrogens is 4. The highest BCUT2D eigenvalue weighted by atomic mass is 15.2. The molecule has 6 heteroatoms. The van der Waals surface area contributed by atoms with Gasteiger partial charge in [0, 0.05) is 87.8 Å². The molecule has 0 unspecified atom stereocenters. The molecule has 0 aliphatic carbocycles. The molecule has 94 heavy (non-hydrogen) atoms. The molecule has 0 radical (unpaired) electrons. The second-order valence-electron chi connectivity index (χ2n) is 25.9. The Labute approximate surface area is 564 Å². The SMILES string of the molecule is [2H]c1c([2H])c([2H])c2c(c1[2H])c1c([2H])c([2H])c([2H])c([2H])c1n2-c1ccc2c(c1)N(c1ccc(-c3ccccc3)cc1)c1c3c(cc4c1c1cccc5c6ccccc6c6ccccc6c6ccccc6n4c51)-n1c4ccc(C(C)(C)C)cc4c4cc(-n5c6c([2H])c([2H])c([2H])c([2H])c6c6c([2H])c([2H])c([2H])c([2H])c65)cc(c41)B23. The van der Waals surface area contributed by atoms with Crippen molar-refractivity contribution in [2.45, 2.75) is 26.2 Å². The summed E-state index contributed by atoms with van der Waals surface area (Å²) >= 11 is 0. The summed E-state index contributed by atoms with van der Waals surface area (Å²) in [5, 5.41) is 9.17. The van der Waals surface area contributed by atoms with Crippen LogP contribution in [0.3, 0.4) is 0 Å². The number of fused-ring (bicyclic) bond motifs is 24. The van der Waals surface area contributed by atoms with Gasteiger partial charge in [-0.1, -0.05) is 233 Å². The highest BCUT2D eigenvalue weighted by molar-refractivity contribution is 7.00. The first-order valence-electron chi connectivity index (χ1n) is 39.6. The van der Waals surface area contributed by atoms with E-state index in [1.165, 1.54) is 0 Å². The van der Waals surface area contributed by atoms with Crippen LogP contribution in [0.5, 0.6) is 0 Å². The number of hydrogen-bond acceptors (Lipinski definition) is 1. The molecule has 14 aromatic carbocycles. The molecule has 0 fully saturated rings. The van der Waals surface area contributed by atoms with Gasteiger partial charge in [0.15, 0.2) is 0 Å². The van der Waals surface area contributed by atoms with Gasteiger partial charge in [-0.15, -0.1) is 0 Å². The fraction of sp³-hybridized carbons (Fsp3) is 0.0455. The molecular formula is C88H58BN5. The maximum Gasteiger partial charge on any atom is 0.252 e. The molecule has 5 nitrogen and oxygen atoms in total. The van der Waals surface area contributed by atoms with Gasteiger partial charge in [0.05, 0.1) is 71.8 Å². The molecule has 19 aromatic rings. The number of hydrogen-bond donors (Lipinski definition) is 0. The third kappa shape index (κ3) is 6.93. The molecular weight excluding hydrogens is 1140 g/mol. The van der Waals surface area contributed by atoms with Crippen molar-refractivity contribution in [1.82, 2.24) is 18.1 Å². The zero-order valence-electron chi connectivity index (χ0n) is 66.9. The Kier molecular flexibility index (Phi) is 7.78. The minimum absolute atomic E-state index is 0.0375. The van der Waals surface area contributed by atoms with Gasteiger partial charge in [-0.05, 0) is 145 Å². The lowest BCUT2D eigenvalue weighted by atomic mass is 9.33. The Hall–Kier alpha value is -11.9. The van der Waals surface area contributed by atoms with Gasteiger partial charge in [0.1, 0.15) is 0 Å². The standard InChI is InChI=1S/C88H58BN5/c1-88(2,3)55-42-47-79-70(48-55)71-49-58(91-76-37-18-14-31-66(76)67-32-15-19-38-77(67)91)50-73-86(71)94(79)82-52-81-83(69-34-21-33-68-62-27-10-8-25-60(62)59-24-7-9-26-61(59)63-28-11-20-39-78(63)93(81)85(68)69)87-84(82)89(73)72-46-45-57(90-74-35-16-12-29-64(74)65-30-13-17-36-75(65)90)51-80(72)92(87)56-43-40-54(41-44-56)53-22-5-4-6-23-53/h4-52H,1-3H3/i12D,13D,14D,15D,16D,17D,18D,19D,29D,30D,31D,32D,35D,36D,37D,38D. The number of anilines is 3. The minimum atomic E-state index is -0.807. The van der Waals surface area contributed by atoms with Crippen LogP contribution in [0.2, 0.25) is 0 Å². The van der Waals surface area contributed by atoms with Crippen LogP contribution >= 0.6 is 0 Å². The fourth-order valence-corrected chi connectivity index (χ4v) is 16.2. The van der Waals surface area contributed by atoms with Gasteiger partial charge < -0.3 is 23.0 Å². The van der Waals surface area contributed by atoms with E-state index in [9.17, 15) is 16.4 Å². The predicted octanol–water partition coefficient (Wildman–Crippen LogP) is 21.1. The minimum Gasteiger partial charge on any atom is -0.311 e. The average molecular weight is 1210 g/mol. The van der Waals surface area contributed by atoms with Gasteiger partial charge in [-0.2, -0.15) is 0 Å². The van der Waals surface area contributed by atoms with Crippen LogP contribution in [-0.4, -0.2) is 24.8 Å². The van der Waals surface area contributed by atoms with Crippen molar-refractivity contribution < 1.29 is 21.9 Å². The van der Waals surface area contributed by atoms with E-state index in [4.69, 9.17) is 5.48 Å². The summed E-state index contributed by atoms with van der Waals surface area (Å²) in [5.41, 5.74) is 12.5. The molecule has 0 bridgehead atoms. The molecule has 2 aliphatic rings. The van der Waals surface area contributed by atoms with Crippen molar-refractivity contribution in [3.63, 3.8) is 0 Å². The van der Waals surface area contributed by atoms with E-state index in [0.29, 0.717) is 22.7 Å². The zero-order chi connectivity index (χ0) is 75.7. The monoisotopic (exact) mass is 1210 g/mol. The normalized spacial score (nSPS) is 15.4. The number of nitrogens with zero attached hydrogens (tertiary/aromatic N) is 5. The second-order valence-corrected chi connectivity index (χ2v) is 25.9. The molecule has 2 aliphatic heterocycles. The van der Waals surface area contributed by atoms with Crippen molar-refractivity contribution in [1.29, 1.82) is 0 Å². The Morgan fingerprint density at radius 1 is 0.319 bits per heavy atom. The van der Waals surface area contributed by atoms with Crippen LogP contribution in [0.25, 0.3) is 153 Å². The Balaban J connectivity index is 1.02. The fourth-order valence-electron chi connectivity index (χ4n) is 16.2. The van der Waals surface area contributed by atoms with Gasteiger partial charge >= 0.3 is 0 Å². The van der Waals surface area contributed by atoms with Gasteiger partial charge in [0.25, 0.3) is 6.71 Å². The molecule has 0 atom stereocenters. The predicted molar refractivity (Wildman–Crippen MR) is 400 cm³/mol. The molecule has 5 aromatic heterocycles. The molecule has 0 saturated heterocycles. The first-order valence-corrected chi connectivity index (χ1v) is 31.6. The summed E-state index contributed by atoms with van der Waals surface area (Å²) in [6.07, 6.45) is 0. The van der Waals surface area contributed by atoms with E-state index in [0.717, 1.165) is 126 Å². The van der Waals surface area contributed by atoms with Crippen LogP contribution in [0.4, 0.5) is 17.1 Å². The maximum atomic E-state index is 9.86. The van der Waals surface area contributed by atoms with Crippen molar-refractivity contribution in [3.8, 4) is 28.2 Å².